The lowest BCUT2D eigenvalue weighted by Gasteiger charge is -2.10. The summed E-state index contributed by atoms with van der Waals surface area (Å²) in [5.74, 6) is 1.11. The number of hydrogen-bond donors (Lipinski definition) is 2. The van der Waals surface area contributed by atoms with Gasteiger partial charge in [0.25, 0.3) is 0 Å². The standard InChI is InChI=1S/C8H10ClO4P/c9-5-6-12-7-3-1-2-4-8(7)13-14(10)11/h1-4,10-11H,5-6H2. The Morgan fingerprint density at radius 2 is 1.86 bits per heavy atom. The molecule has 6 heteroatoms. The van der Waals surface area contributed by atoms with E-state index in [1.54, 1.807) is 24.3 Å². The zero-order valence-electron chi connectivity index (χ0n) is 7.26. The van der Waals surface area contributed by atoms with Crippen LogP contribution in [0.1, 0.15) is 0 Å². The minimum atomic E-state index is -2.42. The summed E-state index contributed by atoms with van der Waals surface area (Å²) in [6, 6.07) is 6.72. The van der Waals surface area contributed by atoms with E-state index in [2.05, 4.69) is 0 Å². The molecule has 14 heavy (non-hydrogen) atoms. The molecule has 1 aromatic carbocycles. The van der Waals surface area contributed by atoms with Gasteiger partial charge >= 0.3 is 8.60 Å². The Hall–Kier alpha value is -0.540. The summed E-state index contributed by atoms with van der Waals surface area (Å²) in [4.78, 5) is 17.3. The van der Waals surface area contributed by atoms with Crippen molar-refractivity contribution in [3.05, 3.63) is 24.3 Å². The Morgan fingerprint density at radius 3 is 2.43 bits per heavy atom. The van der Waals surface area contributed by atoms with Crippen LogP contribution < -0.4 is 9.26 Å². The van der Waals surface area contributed by atoms with Crippen LogP contribution in [-0.4, -0.2) is 22.3 Å². The fourth-order valence-corrected chi connectivity index (χ4v) is 1.29. The third-order valence-electron chi connectivity index (χ3n) is 1.36. The molecule has 0 saturated heterocycles. The monoisotopic (exact) mass is 236 g/mol. The van der Waals surface area contributed by atoms with Crippen molar-refractivity contribution in [2.75, 3.05) is 12.5 Å². The minimum absolute atomic E-state index is 0.300. The van der Waals surface area contributed by atoms with Crippen molar-refractivity contribution in [3.8, 4) is 11.5 Å². The zero-order valence-corrected chi connectivity index (χ0v) is 8.91. The van der Waals surface area contributed by atoms with Crippen LogP contribution in [0, 0.1) is 0 Å². The molecule has 0 amide bonds. The zero-order chi connectivity index (χ0) is 10.4. The lowest BCUT2D eigenvalue weighted by molar-refractivity contribution is 0.318. The molecule has 0 aliphatic heterocycles. The molecule has 0 aliphatic rings. The topological polar surface area (TPSA) is 58.9 Å². The second-order valence-corrected chi connectivity index (χ2v) is 3.39. The normalized spacial score (nSPS) is 10.3. The largest absolute Gasteiger partial charge is 0.488 e. The number of benzene rings is 1. The van der Waals surface area contributed by atoms with Crippen molar-refractivity contribution in [1.29, 1.82) is 0 Å². The molecule has 1 rings (SSSR count). The van der Waals surface area contributed by atoms with Gasteiger partial charge in [0, 0.05) is 0 Å². The van der Waals surface area contributed by atoms with Gasteiger partial charge in [-0.05, 0) is 12.1 Å². The predicted octanol–water partition coefficient (Wildman–Crippen LogP) is 1.89. The molecular formula is C8H10ClO4P. The summed E-state index contributed by atoms with van der Waals surface area (Å²) in [7, 11) is -2.42. The van der Waals surface area contributed by atoms with E-state index in [0.717, 1.165) is 0 Å². The molecule has 0 fully saturated rings. The van der Waals surface area contributed by atoms with E-state index in [4.69, 9.17) is 30.6 Å². The number of halogens is 1. The van der Waals surface area contributed by atoms with Crippen LogP contribution in [0.3, 0.4) is 0 Å². The highest BCUT2D eigenvalue weighted by atomic mass is 35.5. The first-order valence-electron chi connectivity index (χ1n) is 3.87. The first-order chi connectivity index (χ1) is 6.74. The van der Waals surface area contributed by atoms with Gasteiger partial charge < -0.3 is 19.0 Å². The van der Waals surface area contributed by atoms with Crippen LogP contribution >= 0.6 is 20.2 Å². The van der Waals surface area contributed by atoms with E-state index in [0.29, 0.717) is 24.0 Å². The molecule has 0 bridgehead atoms. The second-order valence-electron chi connectivity index (χ2n) is 2.33. The quantitative estimate of drug-likeness (QED) is 0.606. The van der Waals surface area contributed by atoms with Gasteiger partial charge in [-0.1, -0.05) is 12.1 Å². The minimum Gasteiger partial charge on any atom is -0.488 e. The van der Waals surface area contributed by atoms with Crippen molar-refractivity contribution in [2.45, 2.75) is 0 Å². The number of para-hydroxylation sites is 2. The molecule has 0 atom stereocenters. The number of hydrogen-bond acceptors (Lipinski definition) is 4. The molecule has 0 saturated carbocycles. The fourth-order valence-electron chi connectivity index (χ4n) is 0.881. The summed E-state index contributed by atoms with van der Waals surface area (Å²) < 4.78 is 9.97. The first kappa shape index (κ1) is 11.5. The Balaban J connectivity index is 2.69. The van der Waals surface area contributed by atoms with Crippen molar-refractivity contribution < 1.29 is 19.0 Å². The molecule has 1 aromatic rings. The number of alkyl halides is 1. The van der Waals surface area contributed by atoms with E-state index in [1.165, 1.54) is 0 Å². The van der Waals surface area contributed by atoms with Gasteiger partial charge in [-0.2, -0.15) is 0 Å². The van der Waals surface area contributed by atoms with Crippen molar-refractivity contribution in [2.24, 2.45) is 0 Å². The molecule has 0 heterocycles. The highest BCUT2D eigenvalue weighted by Gasteiger charge is 2.08. The lowest BCUT2D eigenvalue weighted by Crippen LogP contribution is -1.99. The Labute approximate surface area is 88.0 Å². The lowest BCUT2D eigenvalue weighted by atomic mass is 10.3. The predicted molar refractivity (Wildman–Crippen MR) is 54.6 cm³/mol. The van der Waals surface area contributed by atoms with Gasteiger partial charge in [0.2, 0.25) is 0 Å². The van der Waals surface area contributed by atoms with Crippen LogP contribution in [0.4, 0.5) is 0 Å². The third kappa shape index (κ3) is 3.68. The number of ether oxygens (including phenoxy) is 1. The fraction of sp³-hybridized carbons (Fsp3) is 0.250. The maximum atomic E-state index is 8.67. The van der Waals surface area contributed by atoms with Crippen LogP contribution in [0.25, 0.3) is 0 Å². The van der Waals surface area contributed by atoms with Gasteiger partial charge in [-0.3, -0.25) is 0 Å². The van der Waals surface area contributed by atoms with Crippen LogP contribution in [0.15, 0.2) is 24.3 Å². The highest BCUT2D eigenvalue weighted by molar-refractivity contribution is 7.39. The average molecular weight is 237 g/mol. The highest BCUT2D eigenvalue weighted by Crippen LogP contribution is 2.35. The molecule has 4 nitrogen and oxygen atoms in total. The molecule has 0 aromatic heterocycles. The van der Waals surface area contributed by atoms with Gasteiger partial charge in [-0.15, -0.1) is 11.6 Å². The molecular weight excluding hydrogens is 227 g/mol. The smallest absolute Gasteiger partial charge is 0.391 e. The molecule has 0 spiro atoms. The summed E-state index contributed by atoms with van der Waals surface area (Å²) in [6.07, 6.45) is 0. The molecule has 78 valence electrons. The van der Waals surface area contributed by atoms with Crippen molar-refractivity contribution in [3.63, 3.8) is 0 Å². The Morgan fingerprint density at radius 1 is 1.21 bits per heavy atom. The summed E-state index contributed by atoms with van der Waals surface area (Å²) in [5.41, 5.74) is 0. The average Bonchev–Trinajstić information content (AvgIpc) is 2.16. The molecule has 0 radical (unpaired) electrons. The van der Waals surface area contributed by atoms with Crippen molar-refractivity contribution in [1.82, 2.24) is 0 Å². The van der Waals surface area contributed by atoms with E-state index in [9.17, 15) is 0 Å². The molecule has 0 unspecified atom stereocenters. The first-order valence-corrected chi connectivity index (χ1v) is 5.57. The van der Waals surface area contributed by atoms with Crippen LogP contribution in [0.5, 0.6) is 11.5 Å². The summed E-state index contributed by atoms with van der Waals surface area (Å²) >= 11 is 5.45. The third-order valence-corrected chi connectivity index (χ3v) is 1.88. The van der Waals surface area contributed by atoms with Gasteiger partial charge in [0.15, 0.2) is 11.5 Å². The SMILES string of the molecule is OP(O)Oc1ccccc1OCCCl. The molecule has 0 aliphatic carbocycles. The number of rotatable bonds is 5. The summed E-state index contributed by atoms with van der Waals surface area (Å²) in [6.45, 7) is 0.344. The van der Waals surface area contributed by atoms with Gasteiger partial charge in [0.05, 0.1) is 5.88 Å². The second kappa shape index (κ2) is 6.04. The van der Waals surface area contributed by atoms with Gasteiger partial charge in [-0.25, -0.2) is 0 Å². The van der Waals surface area contributed by atoms with E-state index < -0.39 is 8.60 Å². The van der Waals surface area contributed by atoms with Gasteiger partial charge in [0.1, 0.15) is 6.61 Å². The van der Waals surface area contributed by atoms with E-state index >= 15 is 0 Å². The van der Waals surface area contributed by atoms with E-state index in [-0.39, 0.29) is 0 Å². The maximum Gasteiger partial charge on any atom is 0.391 e. The van der Waals surface area contributed by atoms with Crippen LogP contribution in [0.2, 0.25) is 0 Å². The van der Waals surface area contributed by atoms with Crippen LogP contribution in [-0.2, 0) is 0 Å². The Bertz CT molecular complexity index is 282. The van der Waals surface area contributed by atoms with Crippen molar-refractivity contribution >= 4 is 20.2 Å². The van der Waals surface area contributed by atoms with E-state index in [1.807, 2.05) is 0 Å². The molecule has 2 N–H and O–H groups in total. The summed E-state index contributed by atoms with van der Waals surface area (Å²) in [5, 5.41) is 0. The Kier molecular flexibility index (Phi) is 4.98. The maximum absolute atomic E-state index is 8.67.